The normalized spacial score (nSPS) is 13.7. The molecule has 0 spiro atoms. The number of aliphatic hydroxyl groups excluding tert-OH is 1. The average molecular weight is 313 g/mol. The third-order valence-electron chi connectivity index (χ3n) is 1.77. The van der Waals surface area contributed by atoms with E-state index in [0.717, 1.165) is 0 Å². The Hall–Kier alpha value is -0.340. The molecule has 0 amide bonds. The fourth-order valence-corrected chi connectivity index (χ4v) is 3.19. The summed E-state index contributed by atoms with van der Waals surface area (Å²) in [5.41, 5.74) is 0. The van der Waals surface area contributed by atoms with Gasteiger partial charge in [0, 0.05) is 0 Å². The second-order valence-corrected chi connectivity index (χ2v) is 7.22. The number of hydrogen-bond acceptors (Lipinski definition) is 6. The van der Waals surface area contributed by atoms with Gasteiger partial charge < -0.3 is 14.4 Å². The molecule has 1 atom stereocenters. The molecule has 112 valence electrons. The van der Waals surface area contributed by atoms with Crippen molar-refractivity contribution in [3.05, 3.63) is 0 Å². The second kappa shape index (κ2) is 8.76. The molecule has 0 rings (SSSR count). The van der Waals surface area contributed by atoms with Crippen LogP contribution in [0.5, 0.6) is 0 Å². The van der Waals surface area contributed by atoms with Crippen molar-refractivity contribution in [2.75, 3.05) is 26.4 Å². The molecular formula is C10H19NO6S2. The number of nitrogens with one attached hydrogen (secondary N) is 1. The van der Waals surface area contributed by atoms with Crippen LogP contribution in [0.2, 0.25) is 0 Å². The Morgan fingerprint density at radius 3 is 2.53 bits per heavy atom. The molecule has 0 aromatic heterocycles. The van der Waals surface area contributed by atoms with E-state index in [0.29, 0.717) is 0 Å². The quantitative estimate of drug-likeness (QED) is 0.331. The van der Waals surface area contributed by atoms with Crippen molar-refractivity contribution in [2.45, 2.75) is 25.5 Å². The smallest absolute Gasteiger partial charge is 0.375 e. The highest BCUT2D eigenvalue weighted by atomic mass is 32.3. The maximum atomic E-state index is 11.8. The van der Waals surface area contributed by atoms with Gasteiger partial charge in [0.1, 0.15) is 0 Å². The summed E-state index contributed by atoms with van der Waals surface area (Å²) in [6.45, 7) is 4.39. The van der Waals surface area contributed by atoms with Crippen molar-refractivity contribution in [3.8, 4) is 11.8 Å². The van der Waals surface area contributed by atoms with E-state index in [4.69, 9.17) is 9.84 Å². The number of ether oxygens (including phenoxy) is 1. The zero-order valence-corrected chi connectivity index (χ0v) is 12.8. The van der Waals surface area contributed by atoms with Crippen molar-refractivity contribution < 1.29 is 27.0 Å². The molecule has 0 aliphatic rings. The van der Waals surface area contributed by atoms with Gasteiger partial charge in [-0.05, 0) is 30.8 Å². The van der Waals surface area contributed by atoms with Gasteiger partial charge in [-0.3, -0.25) is 4.18 Å². The molecule has 0 aliphatic carbocycles. The van der Waals surface area contributed by atoms with E-state index in [1.807, 2.05) is 4.13 Å². The molecule has 7 nitrogen and oxygen atoms in total. The van der Waals surface area contributed by atoms with Gasteiger partial charge in [0.2, 0.25) is 0 Å². The lowest BCUT2D eigenvalue weighted by Gasteiger charge is -2.21. The average Bonchev–Trinajstić information content (AvgIpc) is 2.28. The van der Waals surface area contributed by atoms with Crippen LogP contribution in [0.25, 0.3) is 0 Å². The van der Waals surface area contributed by atoms with E-state index < -0.39 is 26.4 Å². The third-order valence-corrected chi connectivity index (χ3v) is 4.70. The Labute approximate surface area is 117 Å². The maximum absolute atomic E-state index is 11.8. The predicted octanol–water partition coefficient (Wildman–Crippen LogP) is -0.688. The van der Waals surface area contributed by atoms with Gasteiger partial charge in [0.05, 0.1) is 37.8 Å². The highest BCUT2D eigenvalue weighted by molar-refractivity contribution is 8.03. The maximum Gasteiger partial charge on any atom is 0.375 e. The van der Waals surface area contributed by atoms with Crippen LogP contribution in [0.15, 0.2) is 0 Å². The molecule has 19 heavy (non-hydrogen) atoms. The van der Waals surface area contributed by atoms with E-state index in [2.05, 4.69) is 16.0 Å². The van der Waals surface area contributed by atoms with Crippen LogP contribution in [-0.2, 0) is 30.6 Å². The molecule has 0 saturated heterocycles. The Bertz CT molecular complexity index is 411. The van der Waals surface area contributed by atoms with Gasteiger partial charge in [-0.1, -0.05) is 0 Å². The Kier molecular flexibility index (Phi) is 8.60. The van der Waals surface area contributed by atoms with Gasteiger partial charge in [0.15, 0.2) is 4.75 Å². The summed E-state index contributed by atoms with van der Waals surface area (Å²) in [4.78, 5) is 0. The van der Waals surface area contributed by atoms with Crippen molar-refractivity contribution >= 4 is 21.7 Å². The van der Waals surface area contributed by atoms with Crippen LogP contribution >= 0.6 is 0 Å². The summed E-state index contributed by atoms with van der Waals surface area (Å²) in [5, 5.41) is 8.43. The highest BCUT2D eigenvalue weighted by Gasteiger charge is 2.34. The van der Waals surface area contributed by atoms with Crippen molar-refractivity contribution in [1.82, 2.24) is 4.13 Å². The lowest BCUT2D eigenvalue weighted by Crippen LogP contribution is -2.44. The SMILES string of the molecule is CC#CC(C)(C)[S+]([O-])NS(=O)(=O)OCCOCCO. The summed E-state index contributed by atoms with van der Waals surface area (Å²) < 4.78 is 44.9. The van der Waals surface area contributed by atoms with Gasteiger partial charge in [-0.2, -0.15) is 8.42 Å². The van der Waals surface area contributed by atoms with E-state index >= 15 is 0 Å². The molecule has 0 aromatic carbocycles. The van der Waals surface area contributed by atoms with Crippen LogP contribution < -0.4 is 4.13 Å². The minimum atomic E-state index is -4.13. The molecule has 0 bridgehead atoms. The Balaban J connectivity index is 4.24. The van der Waals surface area contributed by atoms with Gasteiger partial charge in [0.25, 0.3) is 0 Å². The van der Waals surface area contributed by atoms with Crippen molar-refractivity contribution in [2.24, 2.45) is 0 Å². The summed E-state index contributed by atoms with van der Waals surface area (Å²) >= 11 is -1.93. The molecule has 0 radical (unpaired) electrons. The van der Waals surface area contributed by atoms with E-state index in [9.17, 15) is 13.0 Å². The first kappa shape index (κ1) is 18.7. The summed E-state index contributed by atoms with van der Waals surface area (Å²) in [5.74, 6) is 5.22. The minimum absolute atomic E-state index is 0.00621. The lowest BCUT2D eigenvalue weighted by atomic mass is 10.2. The van der Waals surface area contributed by atoms with Crippen LogP contribution in [0.4, 0.5) is 0 Å². The number of hydrogen-bond donors (Lipinski definition) is 2. The summed E-state index contributed by atoms with van der Waals surface area (Å²) in [7, 11) is -4.13. The monoisotopic (exact) mass is 313 g/mol. The zero-order valence-electron chi connectivity index (χ0n) is 11.1. The molecule has 0 saturated carbocycles. The van der Waals surface area contributed by atoms with E-state index in [1.165, 1.54) is 0 Å². The first-order valence-electron chi connectivity index (χ1n) is 5.46. The predicted molar refractivity (Wildman–Crippen MR) is 71.6 cm³/mol. The molecule has 0 heterocycles. The standard InChI is InChI=1S/C10H19NO6S2/c1-4-5-10(2,3)18(13)11-19(14,15)17-9-8-16-7-6-12/h11-12H,6-9H2,1-3H3. The number of rotatable bonds is 9. The Morgan fingerprint density at radius 2 is 2.00 bits per heavy atom. The molecule has 2 N–H and O–H groups in total. The van der Waals surface area contributed by atoms with Crippen molar-refractivity contribution in [3.63, 3.8) is 0 Å². The largest absolute Gasteiger partial charge is 0.596 e. The third kappa shape index (κ3) is 8.43. The lowest BCUT2D eigenvalue weighted by molar-refractivity contribution is 0.0717. The fraction of sp³-hybridized carbons (Fsp3) is 0.800. The summed E-state index contributed by atoms with van der Waals surface area (Å²) in [6.07, 6.45) is 0. The molecule has 0 fully saturated rings. The van der Waals surface area contributed by atoms with Crippen LogP contribution in [-0.4, -0.2) is 49.3 Å². The summed E-state index contributed by atoms with van der Waals surface area (Å²) in [6, 6.07) is 0. The molecule has 9 heteroatoms. The fourth-order valence-electron chi connectivity index (χ4n) is 0.938. The zero-order chi connectivity index (χ0) is 14.9. The van der Waals surface area contributed by atoms with Gasteiger partial charge in [-0.15, -0.1) is 5.92 Å². The first-order chi connectivity index (χ1) is 8.75. The van der Waals surface area contributed by atoms with Gasteiger partial charge >= 0.3 is 10.3 Å². The molecule has 0 aliphatic heterocycles. The van der Waals surface area contributed by atoms with Crippen LogP contribution in [0.1, 0.15) is 20.8 Å². The second-order valence-electron chi connectivity index (χ2n) is 3.85. The molecular weight excluding hydrogens is 294 g/mol. The minimum Gasteiger partial charge on any atom is -0.596 e. The first-order valence-corrected chi connectivity index (χ1v) is 8.02. The van der Waals surface area contributed by atoms with Crippen molar-refractivity contribution in [1.29, 1.82) is 0 Å². The van der Waals surface area contributed by atoms with E-state index in [1.54, 1.807) is 20.8 Å². The van der Waals surface area contributed by atoms with E-state index in [-0.39, 0.29) is 26.4 Å². The Morgan fingerprint density at radius 1 is 1.37 bits per heavy atom. The van der Waals surface area contributed by atoms with Gasteiger partial charge in [-0.25, -0.2) is 0 Å². The topological polar surface area (TPSA) is 108 Å². The number of aliphatic hydroxyl groups is 1. The van der Waals surface area contributed by atoms with Crippen LogP contribution in [0.3, 0.4) is 0 Å². The molecule has 0 aromatic rings. The van der Waals surface area contributed by atoms with Crippen LogP contribution in [0, 0.1) is 11.8 Å². The highest BCUT2D eigenvalue weighted by Crippen LogP contribution is 2.14. The molecule has 1 unspecified atom stereocenters.